The molecule has 1 N–H and O–H groups in total. The number of para-hydroxylation sites is 1. The Morgan fingerprint density at radius 2 is 1.79 bits per heavy atom. The lowest BCUT2D eigenvalue weighted by Crippen LogP contribution is -2.18. The summed E-state index contributed by atoms with van der Waals surface area (Å²) in [6, 6.07) is 21.4. The van der Waals surface area contributed by atoms with Crippen molar-refractivity contribution in [3.63, 3.8) is 0 Å². The predicted octanol–water partition coefficient (Wildman–Crippen LogP) is 6.00. The molecule has 3 aromatic carbocycles. The highest BCUT2D eigenvalue weighted by Gasteiger charge is 2.29. The molecule has 0 spiro atoms. The molecule has 0 fully saturated rings. The molecule has 7 nitrogen and oxygen atoms in total. The summed E-state index contributed by atoms with van der Waals surface area (Å²) in [5.74, 6) is 2.12. The molecule has 5 rings (SSSR count). The van der Waals surface area contributed by atoms with Crippen molar-refractivity contribution < 1.29 is 14.2 Å². The zero-order chi connectivity index (χ0) is 23.5. The normalized spacial score (nSPS) is 14.1. The molecule has 9 heteroatoms. The van der Waals surface area contributed by atoms with Gasteiger partial charge in [0.05, 0.1) is 19.8 Å². The Hall–Kier alpha value is -3.49. The second-order valence-electron chi connectivity index (χ2n) is 7.44. The minimum atomic E-state index is -0.659. The smallest absolute Gasteiger partial charge is 0.247 e. The van der Waals surface area contributed by atoms with E-state index in [0.717, 1.165) is 17.0 Å². The van der Waals surface area contributed by atoms with Crippen molar-refractivity contribution >= 4 is 29.1 Å². The maximum atomic E-state index is 6.38. The molecule has 1 aliphatic heterocycles. The third kappa shape index (κ3) is 4.47. The summed E-state index contributed by atoms with van der Waals surface area (Å²) in [4.78, 5) is 4.71. The maximum Gasteiger partial charge on any atom is 0.247 e. The Labute approximate surface area is 206 Å². The number of methoxy groups -OCH3 is 2. The number of halogens is 1. The summed E-state index contributed by atoms with van der Waals surface area (Å²) in [6.07, 6.45) is -0.659. The molecule has 0 radical (unpaired) electrons. The summed E-state index contributed by atoms with van der Waals surface area (Å²) in [7, 11) is 3.15. The van der Waals surface area contributed by atoms with Gasteiger partial charge in [-0.1, -0.05) is 71.9 Å². The van der Waals surface area contributed by atoms with Gasteiger partial charge in [-0.3, -0.25) is 0 Å². The van der Waals surface area contributed by atoms with Crippen LogP contribution >= 0.6 is 23.4 Å². The summed E-state index contributed by atoms with van der Waals surface area (Å²) in [5, 5.41) is 13.3. The number of hydrogen-bond acceptors (Lipinski definition) is 8. The molecule has 2 heterocycles. The van der Waals surface area contributed by atoms with Crippen molar-refractivity contribution in [3.05, 3.63) is 82.9 Å². The van der Waals surface area contributed by atoms with Crippen molar-refractivity contribution in [2.75, 3.05) is 19.5 Å². The molecule has 34 heavy (non-hydrogen) atoms. The van der Waals surface area contributed by atoms with Gasteiger partial charge in [-0.15, -0.1) is 10.2 Å². The molecule has 0 saturated heterocycles. The van der Waals surface area contributed by atoms with Gasteiger partial charge in [0.15, 0.2) is 17.2 Å². The van der Waals surface area contributed by atoms with Gasteiger partial charge in [0, 0.05) is 28.1 Å². The fourth-order valence-electron chi connectivity index (χ4n) is 3.72. The average molecular weight is 493 g/mol. The van der Waals surface area contributed by atoms with E-state index in [4.69, 9.17) is 30.8 Å². The van der Waals surface area contributed by atoms with Crippen LogP contribution in [-0.4, -0.2) is 29.4 Å². The summed E-state index contributed by atoms with van der Waals surface area (Å²) < 4.78 is 17.5. The van der Waals surface area contributed by atoms with Gasteiger partial charge in [-0.2, -0.15) is 4.98 Å². The van der Waals surface area contributed by atoms with Crippen LogP contribution in [0.25, 0.3) is 11.3 Å². The fourth-order valence-corrected chi connectivity index (χ4v) is 4.68. The van der Waals surface area contributed by atoms with Crippen LogP contribution in [0.5, 0.6) is 17.4 Å². The van der Waals surface area contributed by atoms with Crippen molar-refractivity contribution in [1.29, 1.82) is 0 Å². The topological polar surface area (TPSA) is 78.4 Å². The lowest BCUT2D eigenvalue weighted by molar-refractivity contribution is 0.218. The van der Waals surface area contributed by atoms with E-state index in [1.165, 1.54) is 17.3 Å². The van der Waals surface area contributed by atoms with Crippen LogP contribution in [0.15, 0.2) is 71.9 Å². The average Bonchev–Trinajstić information content (AvgIpc) is 3.04. The zero-order valence-electron chi connectivity index (χ0n) is 18.5. The first kappa shape index (κ1) is 22.3. The number of fused-ring (bicyclic) bond motifs is 3. The van der Waals surface area contributed by atoms with Crippen LogP contribution in [0.2, 0.25) is 5.02 Å². The van der Waals surface area contributed by atoms with Crippen molar-refractivity contribution in [2.45, 2.75) is 17.1 Å². The number of aromatic nitrogens is 3. The largest absolute Gasteiger partial charge is 0.493 e. The van der Waals surface area contributed by atoms with Crippen LogP contribution in [0, 0.1) is 0 Å². The summed E-state index contributed by atoms with van der Waals surface area (Å²) in [5.41, 5.74) is 4.07. The van der Waals surface area contributed by atoms with Gasteiger partial charge in [0.1, 0.15) is 0 Å². The van der Waals surface area contributed by atoms with E-state index >= 15 is 0 Å². The van der Waals surface area contributed by atoms with Gasteiger partial charge in [-0.05, 0) is 17.7 Å². The first-order valence-electron chi connectivity index (χ1n) is 10.5. The highest BCUT2D eigenvalue weighted by atomic mass is 35.5. The number of nitrogens with zero attached hydrogens (tertiary/aromatic N) is 3. The number of benzene rings is 3. The summed E-state index contributed by atoms with van der Waals surface area (Å²) in [6.45, 7) is 0. The Bertz CT molecular complexity index is 1320. The lowest BCUT2D eigenvalue weighted by atomic mass is 10.1. The minimum absolute atomic E-state index is 0.369. The molecule has 1 atom stereocenters. The minimum Gasteiger partial charge on any atom is -0.493 e. The van der Waals surface area contributed by atoms with Crippen molar-refractivity contribution in [1.82, 2.24) is 15.2 Å². The molecule has 0 saturated carbocycles. The number of anilines is 1. The molecule has 172 valence electrons. The molecule has 4 aromatic rings. The Kier molecular flexibility index (Phi) is 6.42. The quantitative estimate of drug-likeness (QED) is 0.328. The van der Waals surface area contributed by atoms with E-state index in [9.17, 15) is 0 Å². The van der Waals surface area contributed by atoms with E-state index in [1.807, 2.05) is 42.5 Å². The van der Waals surface area contributed by atoms with E-state index in [1.54, 1.807) is 26.4 Å². The van der Waals surface area contributed by atoms with Crippen LogP contribution in [0.1, 0.15) is 17.4 Å². The molecule has 1 aliphatic rings. The Morgan fingerprint density at radius 3 is 2.59 bits per heavy atom. The number of hydrogen-bond donors (Lipinski definition) is 1. The van der Waals surface area contributed by atoms with Crippen LogP contribution in [-0.2, 0) is 5.75 Å². The van der Waals surface area contributed by atoms with E-state index in [-0.39, 0.29) is 0 Å². The Morgan fingerprint density at radius 1 is 1.00 bits per heavy atom. The van der Waals surface area contributed by atoms with Crippen molar-refractivity contribution in [3.8, 4) is 28.6 Å². The first-order chi connectivity index (χ1) is 16.7. The third-order valence-corrected chi connectivity index (χ3v) is 6.43. The Balaban J connectivity index is 1.55. The van der Waals surface area contributed by atoms with Gasteiger partial charge in [0.2, 0.25) is 17.3 Å². The second-order valence-corrected chi connectivity index (χ2v) is 8.82. The molecular weight excluding hydrogens is 472 g/mol. The standard InChI is InChI=1S/C25H21ClN4O3S/c1-31-20-13-16(26)12-18(22(20)32-2)23-27-19-11-7-6-10-17(19)21-24(33-23)28-25(30-29-21)34-14-15-8-4-3-5-9-15/h3-13,23,27H,14H2,1-2H3/t23-/m0/s1. The second kappa shape index (κ2) is 9.79. The lowest BCUT2D eigenvalue weighted by Gasteiger charge is -2.22. The highest BCUT2D eigenvalue weighted by molar-refractivity contribution is 7.98. The molecule has 0 unspecified atom stereocenters. The number of ether oxygens (including phenoxy) is 3. The molecule has 0 amide bonds. The van der Waals surface area contributed by atoms with E-state index in [2.05, 4.69) is 27.6 Å². The first-order valence-corrected chi connectivity index (χ1v) is 11.9. The fraction of sp³-hybridized carbons (Fsp3) is 0.160. The van der Waals surface area contributed by atoms with E-state index in [0.29, 0.717) is 38.8 Å². The maximum absolute atomic E-state index is 6.38. The van der Waals surface area contributed by atoms with Gasteiger partial charge in [-0.25, -0.2) is 0 Å². The summed E-state index contributed by atoms with van der Waals surface area (Å²) >= 11 is 7.88. The SMILES string of the molecule is COc1cc(Cl)cc([C@H]2Nc3ccccc3-c3nnc(SCc4ccccc4)nc3O2)c1OC. The van der Waals surface area contributed by atoms with Gasteiger partial charge in [0.25, 0.3) is 0 Å². The zero-order valence-corrected chi connectivity index (χ0v) is 20.1. The molecule has 1 aromatic heterocycles. The van der Waals surface area contributed by atoms with Crippen molar-refractivity contribution in [2.24, 2.45) is 0 Å². The monoisotopic (exact) mass is 492 g/mol. The number of nitrogens with one attached hydrogen (secondary N) is 1. The van der Waals surface area contributed by atoms with Gasteiger partial charge < -0.3 is 19.5 Å². The molecule has 0 bridgehead atoms. The molecular formula is C25H21ClN4O3S. The number of rotatable bonds is 6. The van der Waals surface area contributed by atoms with Crippen LogP contribution < -0.4 is 19.5 Å². The van der Waals surface area contributed by atoms with Gasteiger partial charge >= 0.3 is 0 Å². The molecule has 0 aliphatic carbocycles. The number of thioether (sulfide) groups is 1. The van der Waals surface area contributed by atoms with E-state index < -0.39 is 6.23 Å². The predicted molar refractivity (Wildman–Crippen MR) is 133 cm³/mol. The third-order valence-electron chi connectivity index (χ3n) is 5.30. The highest BCUT2D eigenvalue weighted by Crippen LogP contribution is 2.44. The van der Waals surface area contributed by atoms with Crippen LogP contribution in [0.3, 0.4) is 0 Å². The van der Waals surface area contributed by atoms with Crippen LogP contribution in [0.4, 0.5) is 5.69 Å².